The number of hydrogen-bond donors (Lipinski definition) is 1. The first-order chi connectivity index (χ1) is 16.2. The molecule has 0 spiro atoms. The minimum atomic E-state index is -4.36. The highest BCUT2D eigenvalue weighted by molar-refractivity contribution is 7.92. The molecule has 1 aromatic heterocycles. The lowest BCUT2D eigenvalue weighted by molar-refractivity contribution is 0.259. The van der Waals surface area contributed by atoms with Crippen molar-refractivity contribution in [1.29, 1.82) is 0 Å². The summed E-state index contributed by atoms with van der Waals surface area (Å²) in [6, 6.07) is 16.4. The van der Waals surface area contributed by atoms with Crippen LogP contribution in [0.5, 0.6) is 0 Å². The van der Waals surface area contributed by atoms with Crippen LogP contribution in [-0.2, 0) is 10.0 Å². The van der Waals surface area contributed by atoms with Crippen LogP contribution in [0.4, 0.5) is 20.3 Å². The number of nitrogens with zero attached hydrogens (tertiary/aromatic N) is 3. The molecule has 1 unspecified atom stereocenters. The van der Waals surface area contributed by atoms with Gasteiger partial charge in [-0.1, -0.05) is 48.0 Å². The van der Waals surface area contributed by atoms with Crippen molar-refractivity contribution in [3.63, 3.8) is 0 Å². The summed E-state index contributed by atoms with van der Waals surface area (Å²) in [5, 5.41) is 0.103. The van der Waals surface area contributed by atoms with Gasteiger partial charge >= 0.3 is 0 Å². The van der Waals surface area contributed by atoms with Crippen LogP contribution in [0.1, 0.15) is 24.9 Å². The molecule has 1 fully saturated rings. The maximum Gasteiger partial charge on any atom is 0.266 e. The van der Waals surface area contributed by atoms with Crippen LogP contribution < -0.4 is 9.62 Å². The number of likely N-dealkylation sites (tertiary alicyclic amines) is 1. The van der Waals surface area contributed by atoms with E-state index < -0.39 is 26.7 Å². The molecule has 180 valence electrons. The third kappa shape index (κ3) is 5.16. The predicted octanol–water partition coefficient (Wildman–Crippen LogP) is 5.09. The van der Waals surface area contributed by atoms with Gasteiger partial charge in [-0.3, -0.25) is 9.62 Å². The molecule has 2 atom stereocenters. The number of aromatic nitrogens is 1. The molecule has 2 heterocycles. The maximum atomic E-state index is 15.0. The van der Waals surface area contributed by atoms with Gasteiger partial charge in [-0.25, -0.2) is 17.8 Å². The lowest BCUT2D eigenvalue weighted by Crippen LogP contribution is -2.35. The molecule has 0 saturated carbocycles. The van der Waals surface area contributed by atoms with E-state index in [2.05, 4.69) is 33.7 Å². The quantitative estimate of drug-likeness (QED) is 0.452. The highest BCUT2D eigenvalue weighted by Gasteiger charge is 2.31. The van der Waals surface area contributed by atoms with Gasteiger partial charge < -0.3 is 4.90 Å². The number of sulfonamides is 1. The topological polar surface area (TPSA) is 65.5 Å². The van der Waals surface area contributed by atoms with E-state index in [4.69, 9.17) is 11.6 Å². The second kappa shape index (κ2) is 9.85. The normalized spacial score (nSPS) is 17.5. The van der Waals surface area contributed by atoms with E-state index in [1.807, 2.05) is 30.1 Å². The predicted molar refractivity (Wildman–Crippen MR) is 130 cm³/mol. The molecular weight excluding hydrogens is 482 g/mol. The Morgan fingerprint density at radius 2 is 1.88 bits per heavy atom. The van der Waals surface area contributed by atoms with Gasteiger partial charge in [0.1, 0.15) is 16.5 Å². The standard InChI is InChI=1S/C24H25ClF2N4O2S/c1-16(17-7-4-3-5-8-17)31-12-11-18(15-31)30(2)21-14-20(26)22(13-19(21)25)34(32,33)29-24-10-6-9-23(27)28-24/h3-10,13-14,16,18H,11-12,15H2,1-2H3,(H,28,29)/t16-,18?/m0/s1. The van der Waals surface area contributed by atoms with Crippen molar-refractivity contribution in [2.24, 2.45) is 0 Å². The van der Waals surface area contributed by atoms with Gasteiger partial charge in [0.2, 0.25) is 5.95 Å². The Labute approximate surface area is 203 Å². The second-order valence-corrected chi connectivity index (χ2v) is 10.4. The summed E-state index contributed by atoms with van der Waals surface area (Å²) in [6.45, 7) is 3.80. The second-order valence-electron chi connectivity index (χ2n) is 8.32. The van der Waals surface area contributed by atoms with Crippen LogP contribution in [0, 0.1) is 11.8 Å². The molecule has 0 aliphatic carbocycles. The van der Waals surface area contributed by atoms with Gasteiger partial charge in [-0.2, -0.15) is 4.39 Å². The van der Waals surface area contributed by atoms with E-state index in [0.29, 0.717) is 5.69 Å². The van der Waals surface area contributed by atoms with Gasteiger partial charge in [0.25, 0.3) is 10.0 Å². The molecule has 34 heavy (non-hydrogen) atoms. The molecule has 2 aromatic carbocycles. The van der Waals surface area contributed by atoms with E-state index in [1.54, 1.807) is 0 Å². The highest BCUT2D eigenvalue weighted by atomic mass is 35.5. The van der Waals surface area contributed by atoms with Crippen LogP contribution >= 0.6 is 11.6 Å². The number of pyridine rings is 1. The van der Waals surface area contributed by atoms with Crippen molar-refractivity contribution in [3.8, 4) is 0 Å². The molecule has 10 heteroatoms. The molecule has 6 nitrogen and oxygen atoms in total. The number of hydrogen-bond acceptors (Lipinski definition) is 5. The third-order valence-corrected chi connectivity index (χ3v) is 7.87. The Morgan fingerprint density at radius 3 is 2.59 bits per heavy atom. The number of rotatable bonds is 7. The van der Waals surface area contributed by atoms with Crippen molar-refractivity contribution in [3.05, 3.63) is 83.0 Å². The maximum absolute atomic E-state index is 15.0. The molecule has 1 aliphatic rings. The smallest absolute Gasteiger partial charge is 0.266 e. The molecule has 0 bridgehead atoms. The average molecular weight is 507 g/mol. The van der Waals surface area contributed by atoms with Crippen molar-refractivity contribution in [1.82, 2.24) is 9.88 Å². The molecule has 1 N–H and O–H groups in total. The molecular formula is C24H25ClF2N4O2S. The first-order valence-corrected chi connectivity index (χ1v) is 12.7. The minimum absolute atomic E-state index is 0.0835. The lowest BCUT2D eigenvalue weighted by atomic mass is 10.1. The van der Waals surface area contributed by atoms with E-state index >= 15 is 0 Å². The molecule has 1 aliphatic heterocycles. The molecule has 1 saturated heterocycles. The Morgan fingerprint density at radius 1 is 1.15 bits per heavy atom. The molecule has 3 aromatic rings. The summed E-state index contributed by atoms with van der Waals surface area (Å²) in [4.78, 5) is 7.07. The van der Waals surface area contributed by atoms with Crippen LogP contribution in [0.15, 0.2) is 65.6 Å². The Bertz CT molecular complexity index is 1280. The molecule has 0 radical (unpaired) electrons. The van der Waals surface area contributed by atoms with Crippen molar-refractivity contribution < 1.29 is 17.2 Å². The average Bonchev–Trinajstić information content (AvgIpc) is 3.30. The molecule has 0 amide bonds. The zero-order chi connectivity index (χ0) is 24.5. The number of likely N-dealkylation sites (N-methyl/N-ethyl adjacent to an activating group) is 1. The van der Waals surface area contributed by atoms with Gasteiger partial charge in [0.05, 0.1) is 10.7 Å². The first kappa shape index (κ1) is 24.4. The minimum Gasteiger partial charge on any atom is -0.369 e. The van der Waals surface area contributed by atoms with Crippen molar-refractivity contribution in [2.75, 3.05) is 29.8 Å². The lowest BCUT2D eigenvalue weighted by Gasteiger charge is -2.30. The first-order valence-electron chi connectivity index (χ1n) is 10.8. The van der Waals surface area contributed by atoms with E-state index in [1.165, 1.54) is 17.7 Å². The highest BCUT2D eigenvalue weighted by Crippen LogP contribution is 2.34. The summed E-state index contributed by atoms with van der Waals surface area (Å²) in [5.74, 6) is -2.07. The Kier molecular flexibility index (Phi) is 7.06. The SMILES string of the molecule is C[C@@H](c1ccccc1)N1CCC(N(C)c2cc(F)c(S(=O)(=O)Nc3cccc(F)n3)cc2Cl)C1. The Balaban J connectivity index is 1.51. The fourth-order valence-electron chi connectivity index (χ4n) is 4.23. The van der Waals surface area contributed by atoms with E-state index in [0.717, 1.165) is 37.7 Å². The van der Waals surface area contributed by atoms with Crippen LogP contribution in [-0.4, -0.2) is 44.5 Å². The zero-order valence-corrected chi connectivity index (χ0v) is 20.3. The number of halogens is 3. The van der Waals surface area contributed by atoms with Crippen molar-refractivity contribution >= 4 is 33.1 Å². The van der Waals surface area contributed by atoms with E-state index in [-0.39, 0.29) is 22.9 Å². The summed E-state index contributed by atoms with van der Waals surface area (Å²) in [5.41, 5.74) is 1.63. The summed E-state index contributed by atoms with van der Waals surface area (Å²) in [7, 11) is -2.54. The van der Waals surface area contributed by atoms with Gasteiger partial charge in [0, 0.05) is 38.3 Å². The largest absolute Gasteiger partial charge is 0.369 e. The monoisotopic (exact) mass is 506 g/mol. The summed E-state index contributed by atoms with van der Waals surface area (Å²) in [6.07, 6.45) is 0.860. The summed E-state index contributed by atoms with van der Waals surface area (Å²) >= 11 is 6.41. The van der Waals surface area contributed by atoms with Gasteiger partial charge in [0.15, 0.2) is 0 Å². The van der Waals surface area contributed by atoms with Crippen LogP contribution in [0.3, 0.4) is 0 Å². The number of anilines is 2. The third-order valence-electron chi connectivity index (χ3n) is 6.20. The number of benzene rings is 2. The molecule has 4 rings (SSSR count). The zero-order valence-electron chi connectivity index (χ0n) is 18.7. The summed E-state index contributed by atoms with van der Waals surface area (Å²) < 4.78 is 55.7. The number of nitrogens with one attached hydrogen (secondary N) is 1. The van der Waals surface area contributed by atoms with Crippen molar-refractivity contribution in [2.45, 2.75) is 30.3 Å². The van der Waals surface area contributed by atoms with Gasteiger partial charge in [-0.15, -0.1) is 0 Å². The fourth-order valence-corrected chi connectivity index (χ4v) is 5.68. The Hall–Kier alpha value is -2.75. The van der Waals surface area contributed by atoms with E-state index in [9.17, 15) is 17.2 Å². The fraction of sp³-hybridized carbons (Fsp3) is 0.292. The van der Waals surface area contributed by atoms with Gasteiger partial charge in [-0.05, 0) is 37.1 Å². The van der Waals surface area contributed by atoms with Crippen LogP contribution in [0.25, 0.3) is 0 Å². The van der Waals surface area contributed by atoms with Crippen LogP contribution in [0.2, 0.25) is 5.02 Å².